The van der Waals surface area contributed by atoms with Crippen LogP contribution >= 0.6 is 11.6 Å². The Morgan fingerprint density at radius 1 is 1.41 bits per heavy atom. The molecule has 2 rings (SSSR count). The average molecular weight is 255 g/mol. The maximum atomic E-state index is 13.7. The van der Waals surface area contributed by atoms with E-state index >= 15 is 0 Å². The molecule has 0 aromatic heterocycles. The highest BCUT2D eigenvalue weighted by molar-refractivity contribution is 6.30. The van der Waals surface area contributed by atoms with Crippen LogP contribution in [-0.2, 0) is 0 Å². The predicted molar refractivity (Wildman–Crippen MR) is 68.5 cm³/mol. The molecular weight excluding hydrogens is 239 g/mol. The first-order valence-corrected chi connectivity index (χ1v) is 6.14. The minimum Gasteiger partial charge on any atom is -0.329 e. The number of benzene rings is 1. The Hall–Kier alpha value is -0.900. The van der Waals surface area contributed by atoms with Gasteiger partial charge in [-0.2, -0.15) is 0 Å². The Morgan fingerprint density at radius 2 is 2.12 bits per heavy atom. The summed E-state index contributed by atoms with van der Waals surface area (Å²) in [5.41, 5.74) is 6.26. The summed E-state index contributed by atoms with van der Waals surface area (Å²) in [6.45, 7) is 0.355. The highest BCUT2D eigenvalue weighted by Crippen LogP contribution is 2.23. The Labute approximate surface area is 106 Å². The van der Waals surface area contributed by atoms with Crippen LogP contribution in [0.5, 0.6) is 0 Å². The van der Waals surface area contributed by atoms with Crippen molar-refractivity contribution in [1.29, 1.82) is 0 Å². The van der Waals surface area contributed by atoms with Crippen LogP contribution < -0.4 is 11.1 Å². The zero-order valence-electron chi connectivity index (χ0n) is 9.50. The van der Waals surface area contributed by atoms with Crippen LogP contribution in [0, 0.1) is 5.82 Å². The second kappa shape index (κ2) is 5.63. The van der Waals surface area contributed by atoms with Crippen molar-refractivity contribution in [3.63, 3.8) is 0 Å². The first kappa shape index (κ1) is 12.6. The smallest absolute Gasteiger partial charge is 0.128 e. The van der Waals surface area contributed by atoms with Gasteiger partial charge in [0, 0.05) is 29.2 Å². The first-order chi connectivity index (χ1) is 8.20. The number of nitrogens with one attached hydrogen (secondary N) is 1. The van der Waals surface area contributed by atoms with Gasteiger partial charge < -0.3 is 11.1 Å². The molecule has 0 radical (unpaired) electrons. The van der Waals surface area contributed by atoms with Crippen LogP contribution in [0.2, 0.25) is 5.02 Å². The summed E-state index contributed by atoms with van der Waals surface area (Å²) >= 11 is 5.89. The van der Waals surface area contributed by atoms with Crippen LogP contribution in [0.4, 0.5) is 4.39 Å². The van der Waals surface area contributed by atoms with E-state index in [4.69, 9.17) is 17.3 Å². The van der Waals surface area contributed by atoms with Gasteiger partial charge in [0.25, 0.3) is 0 Å². The molecule has 1 unspecified atom stereocenters. The summed E-state index contributed by atoms with van der Waals surface area (Å²) in [7, 11) is 0. The lowest BCUT2D eigenvalue weighted by atomic mass is 10.0. The lowest BCUT2D eigenvalue weighted by Gasteiger charge is -2.22. The lowest BCUT2D eigenvalue weighted by molar-refractivity contribution is 0.439. The van der Waals surface area contributed by atoms with Gasteiger partial charge in [0.15, 0.2) is 0 Å². The van der Waals surface area contributed by atoms with Crippen molar-refractivity contribution in [1.82, 2.24) is 5.32 Å². The molecule has 1 aliphatic rings. The number of hydrogen-bond acceptors (Lipinski definition) is 2. The van der Waals surface area contributed by atoms with E-state index in [0.29, 0.717) is 23.2 Å². The minimum atomic E-state index is -0.261. The Kier molecular flexibility index (Phi) is 4.15. The molecule has 0 saturated carbocycles. The van der Waals surface area contributed by atoms with Crippen molar-refractivity contribution in [2.75, 3.05) is 6.54 Å². The van der Waals surface area contributed by atoms with E-state index in [-0.39, 0.29) is 11.9 Å². The van der Waals surface area contributed by atoms with Crippen LogP contribution in [0.1, 0.15) is 24.4 Å². The molecule has 1 aromatic carbocycles. The number of rotatable bonds is 4. The van der Waals surface area contributed by atoms with Crippen molar-refractivity contribution in [3.05, 3.63) is 46.8 Å². The molecule has 92 valence electrons. The summed E-state index contributed by atoms with van der Waals surface area (Å²) < 4.78 is 13.7. The summed E-state index contributed by atoms with van der Waals surface area (Å²) in [4.78, 5) is 0. The van der Waals surface area contributed by atoms with Crippen LogP contribution in [0.25, 0.3) is 0 Å². The topological polar surface area (TPSA) is 38.0 Å². The summed E-state index contributed by atoms with van der Waals surface area (Å²) in [6.07, 6.45) is 6.19. The van der Waals surface area contributed by atoms with E-state index in [2.05, 4.69) is 17.5 Å². The van der Waals surface area contributed by atoms with Gasteiger partial charge in [0.05, 0.1) is 0 Å². The quantitative estimate of drug-likeness (QED) is 0.811. The van der Waals surface area contributed by atoms with E-state index < -0.39 is 0 Å². The monoisotopic (exact) mass is 254 g/mol. The van der Waals surface area contributed by atoms with Crippen molar-refractivity contribution >= 4 is 11.6 Å². The van der Waals surface area contributed by atoms with Gasteiger partial charge in [0.2, 0.25) is 0 Å². The lowest BCUT2D eigenvalue weighted by Crippen LogP contribution is -2.35. The summed E-state index contributed by atoms with van der Waals surface area (Å²) in [6, 6.07) is 4.74. The second-order valence-corrected chi connectivity index (χ2v) is 4.70. The fourth-order valence-corrected chi connectivity index (χ4v) is 2.28. The third-order valence-electron chi connectivity index (χ3n) is 3.01. The second-order valence-electron chi connectivity index (χ2n) is 4.26. The molecule has 0 fully saturated rings. The largest absolute Gasteiger partial charge is 0.329 e. The molecule has 17 heavy (non-hydrogen) atoms. The molecule has 0 bridgehead atoms. The van der Waals surface area contributed by atoms with Crippen LogP contribution in [0.3, 0.4) is 0 Å². The molecule has 0 aliphatic heterocycles. The van der Waals surface area contributed by atoms with E-state index in [9.17, 15) is 4.39 Å². The van der Waals surface area contributed by atoms with Crippen LogP contribution in [0.15, 0.2) is 30.4 Å². The zero-order chi connectivity index (χ0) is 12.3. The molecule has 0 amide bonds. The Balaban J connectivity index is 2.13. The van der Waals surface area contributed by atoms with E-state index in [1.54, 1.807) is 12.1 Å². The van der Waals surface area contributed by atoms with E-state index in [0.717, 1.165) is 12.8 Å². The molecule has 0 saturated heterocycles. The standard InChI is InChI=1S/C13H16ClFN2/c14-9-5-6-12(15)11(7-9)13(8-16)17-10-3-1-2-4-10/h1-2,5-7,10,13,17H,3-4,8,16H2. The highest BCUT2D eigenvalue weighted by Gasteiger charge is 2.19. The molecule has 3 N–H and O–H groups in total. The predicted octanol–water partition coefficient (Wildman–Crippen LogP) is 2.79. The zero-order valence-corrected chi connectivity index (χ0v) is 10.3. The summed E-state index contributed by atoms with van der Waals surface area (Å²) in [5.74, 6) is -0.261. The molecule has 4 heteroatoms. The van der Waals surface area contributed by atoms with E-state index in [1.165, 1.54) is 6.07 Å². The Morgan fingerprint density at radius 3 is 2.76 bits per heavy atom. The highest BCUT2D eigenvalue weighted by atomic mass is 35.5. The van der Waals surface area contributed by atoms with Gasteiger partial charge in [0.1, 0.15) is 5.82 Å². The minimum absolute atomic E-state index is 0.182. The van der Waals surface area contributed by atoms with E-state index in [1.807, 2.05) is 0 Å². The SMILES string of the molecule is NCC(NC1CC=CC1)c1cc(Cl)ccc1F. The van der Waals surface area contributed by atoms with Gasteiger partial charge in [-0.25, -0.2) is 4.39 Å². The third-order valence-corrected chi connectivity index (χ3v) is 3.25. The van der Waals surface area contributed by atoms with Crippen LogP contribution in [-0.4, -0.2) is 12.6 Å². The fraction of sp³-hybridized carbons (Fsp3) is 0.385. The number of halogens is 2. The molecule has 1 atom stereocenters. The molecule has 1 aromatic rings. The normalized spacial score (nSPS) is 17.6. The van der Waals surface area contributed by atoms with Crippen molar-refractivity contribution < 1.29 is 4.39 Å². The van der Waals surface area contributed by atoms with Gasteiger partial charge >= 0.3 is 0 Å². The molecule has 0 heterocycles. The summed E-state index contributed by atoms with van der Waals surface area (Å²) in [5, 5.41) is 3.90. The van der Waals surface area contributed by atoms with Gasteiger partial charge in [-0.05, 0) is 31.0 Å². The Bertz CT molecular complexity index is 412. The first-order valence-electron chi connectivity index (χ1n) is 5.76. The van der Waals surface area contributed by atoms with Crippen molar-refractivity contribution in [3.8, 4) is 0 Å². The van der Waals surface area contributed by atoms with Crippen molar-refractivity contribution in [2.24, 2.45) is 5.73 Å². The fourth-order valence-electron chi connectivity index (χ4n) is 2.10. The maximum absolute atomic E-state index is 13.7. The number of nitrogens with two attached hydrogens (primary N) is 1. The van der Waals surface area contributed by atoms with Gasteiger partial charge in [-0.1, -0.05) is 23.8 Å². The van der Waals surface area contributed by atoms with Gasteiger partial charge in [-0.15, -0.1) is 0 Å². The maximum Gasteiger partial charge on any atom is 0.128 e. The molecular formula is C13H16ClFN2. The number of hydrogen-bond donors (Lipinski definition) is 2. The average Bonchev–Trinajstić information content (AvgIpc) is 2.82. The van der Waals surface area contributed by atoms with Gasteiger partial charge in [-0.3, -0.25) is 0 Å². The molecule has 0 spiro atoms. The van der Waals surface area contributed by atoms with Crippen molar-refractivity contribution in [2.45, 2.75) is 24.9 Å². The third kappa shape index (κ3) is 3.06. The molecule has 1 aliphatic carbocycles. The molecule has 2 nitrogen and oxygen atoms in total.